The summed E-state index contributed by atoms with van der Waals surface area (Å²) in [6.45, 7) is 1.89. The predicted octanol–water partition coefficient (Wildman–Crippen LogP) is 1.34. The zero-order chi connectivity index (χ0) is 16.8. The molecule has 0 radical (unpaired) electrons. The first-order valence-corrected chi connectivity index (χ1v) is 7.41. The molecule has 122 valence electrons. The molecule has 0 spiro atoms. The van der Waals surface area contributed by atoms with Crippen LogP contribution in [0, 0.1) is 6.92 Å². The van der Waals surface area contributed by atoms with Crippen molar-refractivity contribution in [3.8, 4) is 5.75 Å². The van der Waals surface area contributed by atoms with Crippen LogP contribution in [0.2, 0.25) is 0 Å². The maximum absolute atomic E-state index is 12.5. The largest absolute Gasteiger partial charge is 0.496 e. The fourth-order valence-corrected chi connectivity index (χ4v) is 3.24. The molecule has 4 N–H and O–H groups in total. The predicted molar refractivity (Wildman–Crippen MR) is 88.2 cm³/mol. The highest BCUT2D eigenvalue weighted by molar-refractivity contribution is 5.72. The number of fused-ring (bicyclic) bond motifs is 2. The van der Waals surface area contributed by atoms with Crippen LogP contribution in [-0.2, 0) is 0 Å². The second-order valence-electron chi connectivity index (χ2n) is 5.61. The van der Waals surface area contributed by atoms with E-state index in [4.69, 9.17) is 4.74 Å². The van der Waals surface area contributed by atoms with Gasteiger partial charge in [-0.15, -0.1) is 0 Å². The molecule has 1 aliphatic heterocycles. The summed E-state index contributed by atoms with van der Waals surface area (Å²) in [7, 11) is 1.58. The van der Waals surface area contributed by atoms with Gasteiger partial charge < -0.3 is 10.1 Å². The van der Waals surface area contributed by atoms with Crippen molar-refractivity contribution < 1.29 is 4.74 Å². The molecular weight excluding hydrogens is 310 g/mol. The van der Waals surface area contributed by atoms with Crippen LogP contribution in [0.15, 0.2) is 33.9 Å². The van der Waals surface area contributed by atoms with E-state index in [0.717, 1.165) is 16.8 Å². The van der Waals surface area contributed by atoms with E-state index in [1.54, 1.807) is 7.11 Å². The lowest BCUT2D eigenvalue weighted by Gasteiger charge is -2.26. The Kier molecular flexibility index (Phi) is 3.05. The third-order valence-corrected chi connectivity index (χ3v) is 4.24. The van der Waals surface area contributed by atoms with Crippen molar-refractivity contribution in [2.45, 2.75) is 12.8 Å². The highest BCUT2D eigenvalue weighted by atomic mass is 16.5. The van der Waals surface area contributed by atoms with Gasteiger partial charge in [0.15, 0.2) is 5.82 Å². The average Bonchev–Trinajstić information content (AvgIpc) is 2.93. The molecule has 0 unspecified atom stereocenters. The van der Waals surface area contributed by atoms with E-state index < -0.39 is 17.2 Å². The van der Waals surface area contributed by atoms with E-state index in [1.807, 2.05) is 31.2 Å². The van der Waals surface area contributed by atoms with E-state index in [0.29, 0.717) is 22.9 Å². The molecule has 0 saturated heterocycles. The number of aryl methyl sites for hydroxylation is 1. The van der Waals surface area contributed by atoms with Gasteiger partial charge in [-0.25, -0.2) is 4.79 Å². The van der Waals surface area contributed by atoms with Crippen LogP contribution in [0.25, 0.3) is 0 Å². The van der Waals surface area contributed by atoms with Crippen molar-refractivity contribution in [3.05, 3.63) is 67.5 Å². The number of hydrogen-bond acceptors (Lipinski definition) is 5. The summed E-state index contributed by atoms with van der Waals surface area (Å²) in [6.07, 6.45) is 0. The Labute approximate surface area is 135 Å². The Morgan fingerprint density at radius 1 is 1.12 bits per heavy atom. The molecule has 0 saturated carbocycles. The van der Waals surface area contributed by atoms with E-state index >= 15 is 0 Å². The van der Waals surface area contributed by atoms with Crippen LogP contribution < -0.4 is 21.3 Å². The minimum absolute atomic E-state index is 0.346. The number of methoxy groups -OCH3 is 1. The van der Waals surface area contributed by atoms with Crippen molar-refractivity contribution in [1.29, 1.82) is 0 Å². The van der Waals surface area contributed by atoms with Gasteiger partial charge >= 0.3 is 5.69 Å². The van der Waals surface area contributed by atoms with E-state index in [-0.39, 0.29) is 0 Å². The molecule has 0 fully saturated rings. The first-order chi connectivity index (χ1) is 11.6. The number of H-pyrrole nitrogens is 3. The molecule has 8 heteroatoms. The Morgan fingerprint density at radius 3 is 2.71 bits per heavy atom. The lowest BCUT2D eigenvalue weighted by Crippen LogP contribution is -2.32. The van der Waals surface area contributed by atoms with Crippen molar-refractivity contribution in [1.82, 2.24) is 20.2 Å². The van der Waals surface area contributed by atoms with Gasteiger partial charge in [-0.05, 0) is 13.0 Å². The number of rotatable bonds is 2. The third kappa shape index (κ3) is 1.96. The molecular formula is C16H15N5O3. The normalized spacial score (nSPS) is 15.3. The first-order valence-electron chi connectivity index (χ1n) is 7.41. The van der Waals surface area contributed by atoms with Gasteiger partial charge in [0.25, 0.3) is 5.56 Å². The highest BCUT2D eigenvalue weighted by Crippen LogP contribution is 2.45. The van der Waals surface area contributed by atoms with Gasteiger partial charge in [0, 0.05) is 16.8 Å². The molecule has 8 nitrogen and oxygen atoms in total. The standard InChI is InChI=1S/C16H15N5O3/c1-7-10-11(8-5-3-4-6-9(8)24-2)12-13(17-14(10)21-20-7)18-16(23)19-15(12)22/h3-6,11H,1-2H3,(H4,17,18,19,20,21,22,23)/t11-/m1/s1. The average molecular weight is 325 g/mol. The summed E-state index contributed by atoms with van der Waals surface area (Å²) in [5, 5.41) is 10.2. The molecule has 4 rings (SSSR count). The number of para-hydroxylation sites is 1. The number of nitrogens with zero attached hydrogens (tertiary/aromatic N) is 1. The Balaban J connectivity index is 2.08. The Hall–Kier alpha value is -3.29. The van der Waals surface area contributed by atoms with Gasteiger partial charge in [-0.3, -0.25) is 19.9 Å². The van der Waals surface area contributed by atoms with Crippen LogP contribution in [0.3, 0.4) is 0 Å². The van der Waals surface area contributed by atoms with Crippen LogP contribution >= 0.6 is 0 Å². The van der Waals surface area contributed by atoms with Gasteiger partial charge in [0.1, 0.15) is 11.6 Å². The first kappa shape index (κ1) is 14.3. The third-order valence-electron chi connectivity index (χ3n) is 4.24. The summed E-state index contributed by atoms with van der Waals surface area (Å²) < 4.78 is 5.47. The van der Waals surface area contributed by atoms with Crippen molar-refractivity contribution in [3.63, 3.8) is 0 Å². The van der Waals surface area contributed by atoms with Crippen LogP contribution in [0.1, 0.15) is 28.3 Å². The SMILES string of the molecule is COc1ccccc1[C@@H]1c2c(n[nH]c2C)Nc2[nH]c(=O)[nH]c(=O)c21. The van der Waals surface area contributed by atoms with Gasteiger partial charge in [-0.2, -0.15) is 5.10 Å². The molecule has 1 aromatic carbocycles. The number of aromatic nitrogens is 4. The molecule has 0 aliphatic carbocycles. The second kappa shape index (κ2) is 5.12. The van der Waals surface area contributed by atoms with Crippen molar-refractivity contribution >= 4 is 11.6 Å². The molecule has 1 atom stereocenters. The molecule has 3 heterocycles. The number of ether oxygens (including phenoxy) is 1. The summed E-state index contributed by atoms with van der Waals surface area (Å²) >= 11 is 0. The van der Waals surface area contributed by atoms with E-state index in [9.17, 15) is 9.59 Å². The zero-order valence-electron chi connectivity index (χ0n) is 13.1. The fourth-order valence-electron chi connectivity index (χ4n) is 3.24. The van der Waals surface area contributed by atoms with Gasteiger partial charge in [-0.1, -0.05) is 18.2 Å². The lowest BCUT2D eigenvalue weighted by molar-refractivity contribution is 0.409. The number of aromatic amines is 3. The summed E-state index contributed by atoms with van der Waals surface area (Å²) in [4.78, 5) is 29.1. The van der Waals surface area contributed by atoms with Crippen LogP contribution in [0.4, 0.5) is 11.6 Å². The molecule has 0 bridgehead atoms. The summed E-state index contributed by atoms with van der Waals surface area (Å²) in [5.74, 6) is 1.18. The molecule has 1 aliphatic rings. The zero-order valence-corrected chi connectivity index (χ0v) is 13.1. The number of anilines is 2. The Morgan fingerprint density at radius 2 is 1.92 bits per heavy atom. The molecule has 0 amide bonds. The van der Waals surface area contributed by atoms with Crippen molar-refractivity contribution in [2.24, 2.45) is 0 Å². The quantitative estimate of drug-likeness (QED) is 0.444. The monoisotopic (exact) mass is 325 g/mol. The summed E-state index contributed by atoms with van der Waals surface area (Å²) in [6, 6.07) is 7.49. The molecule has 2 aromatic heterocycles. The molecule has 24 heavy (non-hydrogen) atoms. The number of benzene rings is 1. The minimum atomic E-state index is -0.569. The number of nitrogens with one attached hydrogen (secondary N) is 4. The van der Waals surface area contributed by atoms with Crippen molar-refractivity contribution in [2.75, 3.05) is 12.4 Å². The highest BCUT2D eigenvalue weighted by Gasteiger charge is 2.35. The minimum Gasteiger partial charge on any atom is -0.496 e. The fraction of sp³-hybridized carbons (Fsp3) is 0.188. The molecule has 3 aromatic rings. The van der Waals surface area contributed by atoms with Gasteiger partial charge in [0.05, 0.1) is 18.6 Å². The number of hydrogen-bond donors (Lipinski definition) is 4. The van der Waals surface area contributed by atoms with Crippen LogP contribution in [0.5, 0.6) is 5.75 Å². The van der Waals surface area contributed by atoms with E-state index in [1.165, 1.54) is 0 Å². The lowest BCUT2D eigenvalue weighted by atomic mass is 9.83. The maximum Gasteiger partial charge on any atom is 0.327 e. The van der Waals surface area contributed by atoms with Gasteiger partial charge in [0.2, 0.25) is 0 Å². The van der Waals surface area contributed by atoms with Crippen LogP contribution in [-0.4, -0.2) is 27.3 Å². The summed E-state index contributed by atoms with van der Waals surface area (Å²) in [5.41, 5.74) is 1.93. The topological polar surface area (TPSA) is 116 Å². The smallest absolute Gasteiger partial charge is 0.327 e. The Bertz CT molecular complexity index is 1050. The van der Waals surface area contributed by atoms with E-state index in [2.05, 4.69) is 25.5 Å². The maximum atomic E-state index is 12.5. The second-order valence-corrected chi connectivity index (χ2v) is 5.61.